The van der Waals surface area contributed by atoms with Crippen LogP contribution in [0.1, 0.15) is 12.5 Å². The maximum Gasteiger partial charge on any atom is 0.405 e. The van der Waals surface area contributed by atoms with Crippen molar-refractivity contribution in [1.29, 1.82) is 0 Å². The van der Waals surface area contributed by atoms with Crippen LogP contribution in [-0.2, 0) is 0 Å². The number of anilines is 1. The van der Waals surface area contributed by atoms with Crippen LogP contribution in [0.25, 0.3) is 10.8 Å². The summed E-state index contributed by atoms with van der Waals surface area (Å²) in [5.41, 5.74) is 6.88. The van der Waals surface area contributed by atoms with Gasteiger partial charge in [-0.3, -0.25) is 0 Å². The van der Waals surface area contributed by atoms with E-state index in [1.54, 1.807) is 31.2 Å². The van der Waals surface area contributed by atoms with Crippen molar-refractivity contribution in [3.63, 3.8) is 0 Å². The van der Waals surface area contributed by atoms with Crippen molar-refractivity contribution in [2.24, 2.45) is 5.73 Å². The fourth-order valence-electron chi connectivity index (χ4n) is 2.36. The second-order valence-electron chi connectivity index (χ2n) is 4.67. The van der Waals surface area contributed by atoms with Crippen LogP contribution in [-0.4, -0.2) is 24.3 Å². The van der Waals surface area contributed by atoms with E-state index in [1.807, 2.05) is 12.1 Å². The van der Waals surface area contributed by atoms with Crippen LogP contribution in [0.4, 0.5) is 18.9 Å². The summed E-state index contributed by atoms with van der Waals surface area (Å²) >= 11 is 5.00. The van der Waals surface area contributed by atoms with E-state index in [4.69, 9.17) is 18.0 Å². The van der Waals surface area contributed by atoms with Crippen LogP contribution < -0.4 is 10.6 Å². The predicted molar refractivity (Wildman–Crippen MR) is 83.8 cm³/mol. The van der Waals surface area contributed by atoms with E-state index in [1.165, 1.54) is 4.90 Å². The van der Waals surface area contributed by atoms with Crippen LogP contribution in [0.3, 0.4) is 0 Å². The summed E-state index contributed by atoms with van der Waals surface area (Å²) in [6.45, 7) is 0.970. The van der Waals surface area contributed by atoms with E-state index in [0.717, 1.165) is 5.39 Å². The highest BCUT2D eigenvalue weighted by Crippen LogP contribution is 2.31. The standard InChI is InChI=1S/C15H15F3N2S/c1-2-20(9-15(16,17)18)13-8-7-12(14(19)21)10-5-3-4-6-11(10)13/h3-8H,2,9H2,1H3,(H2,19,21). The lowest BCUT2D eigenvalue weighted by atomic mass is 10.0. The molecular weight excluding hydrogens is 297 g/mol. The summed E-state index contributed by atoms with van der Waals surface area (Å²) in [7, 11) is 0. The zero-order chi connectivity index (χ0) is 15.6. The third-order valence-electron chi connectivity index (χ3n) is 3.26. The van der Waals surface area contributed by atoms with Gasteiger partial charge in [0.25, 0.3) is 0 Å². The molecule has 0 bridgehead atoms. The average molecular weight is 312 g/mol. The Morgan fingerprint density at radius 1 is 1.14 bits per heavy atom. The molecule has 0 amide bonds. The zero-order valence-corrected chi connectivity index (χ0v) is 12.3. The molecule has 6 heteroatoms. The number of hydrogen-bond donors (Lipinski definition) is 1. The number of thiocarbonyl (C=S) groups is 1. The molecule has 0 heterocycles. The van der Waals surface area contributed by atoms with Gasteiger partial charge in [0.2, 0.25) is 0 Å². The molecule has 0 aromatic heterocycles. The lowest BCUT2D eigenvalue weighted by Crippen LogP contribution is -2.34. The molecule has 0 aliphatic carbocycles. The number of benzene rings is 2. The van der Waals surface area contributed by atoms with Gasteiger partial charge in [-0.05, 0) is 24.4 Å². The maximum absolute atomic E-state index is 12.7. The topological polar surface area (TPSA) is 29.3 Å². The summed E-state index contributed by atoms with van der Waals surface area (Å²) in [4.78, 5) is 1.53. The second-order valence-corrected chi connectivity index (χ2v) is 5.11. The summed E-state index contributed by atoms with van der Waals surface area (Å²) in [6, 6.07) is 10.5. The molecule has 2 nitrogen and oxygen atoms in total. The average Bonchev–Trinajstić information content (AvgIpc) is 2.42. The number of alkyl halides is 3. The summed E-state index contributed by atoms with van der Waals surface area (Å²) in [5.74, 6) is 0. The lowest BCUT2D eigenvalue weighted by Gasteiger charge is -2.26. The number of fused-ring (bicyclic) bond motifs is 1. The molecule has 0 radical (unpaired) electrons. The molecule has 2 aromatic rings. The molecule has 0 spiro atoms. The van der Waals surface area contributed by atoms with Crippen molar-refractivity contribution >= 4 is 33.7 Å². The minimum absolute atomic E-state index is 0.233. The summed E-state index contributed by atoms with van der Waals surface area (Å²) in [5, 5.41) is 1.48. The molecule has 0 saturated carbocycles. The number of nitrogens with two attached hydrogens (primary N) is 1. The molecular formula is C15H15F3N2S. The molecule has 0 saturated heterocycles. The van der Waals surface area contributed by atoms with Crippen molar-refractivity contribution in [2.75, 3.05) is 18.0 Å². The van der Waals surface area contributed by atoms with Gasteiger partial charge in [0.05, 0.1) is 0 Å². The molecule has 0 unspecified atom stereocenters. The van der Waals surface area contributed by atoms with Crippen molar-refractivity contribution in [3.8, 4) is 0 Å². The Morgan fingerprint density at radius 3 is 2.29 bits per heavy atom. The normalized spacial score (nSPS) is 11.6. The van der Waals surface area contributed by atoms with Gasteiger partial charge in [0.1, 0.15) is 11.5 Å². The van der Waals surface area contributed by atoms with E-state index in [-0.39, 0.29) is 11.5 Å². The smallest absolute Gasteiger partial charge is 0.389 e. The highest BCUT2D eigenvalue weighted by Gasteiger charge is 2.31. The third-order valence-corrected chi connectivity index (χ3v) is 3.48. The first-order valence-corrected chi connectivity index (χ1v) is 6.87. The Morgan fingerprint density at radius 2 is 1.76 bits per heavy atom. The van der Waals surface area contributed by atoms with Crippen molar-refractivity contribution in [3.05, 3.63) is 42.0 Å². The van der Waals surface area contributed by atoms with Crippen LogP contribution in [0.15, 0.2) is 36.4 Å². The van der Waals surface area contributed by atoms with Gasteiger partial charge in [0.15, 0.2) is 0 Å². The van der Waals surface area contributed by atoms with Gasteiger partial charge in [-0.2, -0.15) is 13.2 Å². The fraction of sp³-hybridized carbons (Fsp3) is 0.267. The van der Waals surface area contributed by atoms with Crippen LogP contribution in [0, 0.1) is 0 Å². The predicted octanol–water partition coefficient (Wildman–Crippen LogP) is 3.86. The van der Waals surface area contributed by atoms with E-state index >= 15 is 0 Å². The Labute approximate surface area is 126 Å². The molecule has 0 aliphatic rings. The minimum Gasteiger partial charge on any atom is -0.389 e. The molecule has 2 rings (SSSR count). The summed E-state index contributed by atoms with van der Waals surface area (Å²) < 4.78 is 38.1. The van der Waals surface area contributed by atoms with Gasteiger partial charge < -0.3 is 10.6 Å². The van der Waals surface area contributed by atoms with Crippen molar-refractivity contribution in [1.82, 2.24) is 0 Å². The molecule has 0 aliphatic heterocycles. The number of nitrogens with zero attached hydrogens (tertiary/aromatic N) is 1. The van der Waals surface area contributed by atoms with E-state index in [0.29, 0.717) is 16.6 Å². The Hall–Kier alpha value is -1.82. The van der Waals surface area contributed by atoms with Gasteiger partial charge in [-0.25, -0.2) is 0 Å². The first-order valence-electron chi connectivity index (χ1n) is 6.46. The second kappa shape index (κ2) is 5.89. The van der Waals surface area contributed by atoms with Crippen molar-refractivity contribution in [2.45, 2.75) is 13.1 Å². The molecule has 112 valence electrons. The zero-order valence-electron chi connectivity index (χ0n) is 11.4. The Balaban J connectivity index is 2.59. The first-order chi connectivity index (χ1) is 9.83. The van der Waals surface area contributed by atoms with Crippen LogP contribution in [0.2, 0.25) is 0 Å². The van der Waals surface area contributed by atoms with Gasteiger partial charge in [0, 0.05) is 23.2 Å². The fourth-order valence-corrected chi connectivity index (χ4v) is 2.54. The monoisotopic (exact) mass is 312 g/mol. The quantitative estimate of drug-likeness (QED) is 0.869. The van der Waals surface area contributed by atoms with E-state index in [2.05, 4.69) is 0 Å². The SMILES string of the molecule is CCN(CC(F)(F)F)c1ccc(C(N)=S)c2ccccc12. The highest BCUT2D eigenvalue weighted by atomic mass is 32.1. The lowest BCUT2D eigenvalue weighted by molar-refractivity contribution is -0.119. The van der Waals surface area contributed by atoms with Crippen molar-refractivity contribution < 1.29 is 13.2 Å². The number of halogens is 3. The highest BCUT2D eigenvalue weighted by molar-refractivity contribution is 7.80. The number of rotatable bonds is 4. The molecule has 21 heavy (non-hydrogen) atoms. The molecule has 0 fully saturated rings. The first kappa shape index (κ1) is 15.6. The van der Waals surface area contributed by atoms with Crippen LogP contribution >= 0.6 is 12.2 Å². The Kier molecular flexibility index (Phi) is 4.37. The van der Waals surface area contributed by atoms with E-state index < -0.39 is 12.7 Å². The third kappa shape index (κ3) is 3.44. The summed E-state index contributed by atoms with van der Waals surface area (Å²) in [6.07, 6.45) is -4.25. The van der Waals surface area contributed by atoms with Gasteiger partial charge in [-0.1, -0.05) is 36.5 Å². The van der Waals surface area contributed by atoms with Gasteiger partial charge in [-0.15, -0.1) is 0 Å². The minimum atomic E-state index is -4.25. The Bertz CT molecular complexity index is 668. The maximum atomic E-state index is 12.7. The molecule has 0 atom stereocenters. The largest absolute Gasteiger partial charge is 0.405 e. The van der Waals surface area contributed by atoms with E-state index in [9.17, 15) is 13.2 Å². The number of hydrogen-bond acceptors (Lipinski definition) is 2. The van der Waals surface area contributed by atoms with Gasteiger partial charge >= 0.3 is 6.18 Å². The molecule has 2 N–H and O–H groups in total. The van der Waals surface area contributed by atoms with Crippen LogP contribution in [0.5, 0.6) is 0 Å². The molecule has 2 aromatic carbocycles.